The molecule has 0 aliphatic carbocycles. The van der Waals surface area contributed by atoms with Crippen molar-refractivity contribution >= 4 is 29.5 Å². The van der Waals surface area contributed by atoms with Crippen LogP contribution in [0.5, 0.6) is 0 Å². The van der Waals surface area contributed by atoms with Crippen molar-refractivity contribution in [2.24, 2.45) is 0 Å². The number of hydrogen-bond acceptors (Lipinski definition) is 4. The molecule has 1 aliphatic heterocycles. The molecule has 0 radical (unpaired) electrons. The molecule has 1 saturated heterocycles. The summed E-state index contributed by atoms with van der Waals surface area (Å²) in [6, 6.07) is 2.49. The number of carboxylic acids is 1. The van der Waals surface area contributed by atoms with E-state index < -0.39 is 23.7 Å². The molecule has 130 valence electrons. The van der Waals surface area contributed by atoms with Gasteiger partial charge in [0.25, 0.3) is 5.91 Å². The SMILES string of the molecule is CC(C)N(C)C(=O)C1CSCN1C(=O)c1ccc(C(=O)O)cc1F. The van der Waals surface area contributed by atoms with E-state index in [1.54, 1.807) is 11.9 Å². The fraction of sp³-hybridized carbons (Fsp3) is 0.438. The Morgan fingerprint density at radius 3 is 2.58 bits per heavy atom. The Kier molecular flexibility index (Phi) is 5.48. The van der Waals surface area contributed by atoms with E-state index in [1.807, 2.05) is 13.8 Å². The Hall–Kier alpha value is -2.09. The van der Waals surface area contributed by atoms with Crippen molar-refractivity contribution in [3.8, 4) is 0 Å². The van der Waals surface area contributed by atoms with Crippen LogP contribution in [0.4, 0.5) is 4.39 Å². The van der Waals surface area contributed by atoms with Crippen molar-refractivity contribution in [2.45, 2.75) is 25.9 Å². The van der Waals surface area contributed by atoms with E-state index in [4.69, 9.17) is 5.11 Å². The monoisotopic (exact) mass is 354 g/mol. The maximum atomic E-state index is 14.1. The van der Waals surface area contributed by atoms with Crippen LogP contribution in [-0.4, -0.2) is 63.5 Å². The molecule has 1 aromatic rings. The molecule has 1 aromatic carbocycles. The third-order valence-electron chi connectivity index (χ3n) is 4.00. The summed E-state index contributed by atoms with van der Waals surface area (Å²) >= 11 is 1.43. The number of nitrogens with zero attached hydrogens (tertiary/aromatic N) is 2. The lowest BCUT2D eigenvalue weighted by molar-refractivity contribution is -0.135. The molecular formula is C16H19FN2O4S. The fourth-order valence-electron chi connectivity index (χ4n) is 2.31. The van der Waals surface area contributed by atoms with E-state index in [1.165, 1.54) is 22.7 Å². The number of carbonyl (C=O) groups excluding carboxylic acids is 2. The van der Waals surface area contributed by atoms with Gasteiger partial charge < -0.3 is 14.9 Å². The van der Waals surface area contributed by atoms with Crippen molar-refractivity contribution in [3.05, 3.63) is 35.1 Å². The smallest absolute Gasteiger partial charge is 0.335 e. The second-order valence-corrected chi connectivity index (χ2v) is 6.83. The lowest BCUT2D eigenvalue weighted by Gasteiger charge is -2.29. The number of benzene rings is 1. The van der Waals surface area contributed by atoms with Crippen LogP contribution in [0.15, 0.2) is 18.2 Å². The van der Waals surface area contributed by atoms with Gasteiger partial charge in [-0.15, -0.1) is 11.8 Å². The number of carboxylic acid groups (broad SMARTS) is 1. The van der Waals surface area contributed by atoms with Crippen LogP contribution in [0.1, 0.15) is 34.6 Å². The van der Waals surface area contributed by atoms with Crippen LogP contribution in [0, 0.1) is 5.82 Å². The van der Waals surface area contributed by atoms with Crippen molar-refractivity contribution in [3.63, 3.8) is 0 Å². The van der Waals surface area contributed by atoms with E-state index in [-0.39, 0.29) is 23.1 Å². The van der Waals surface area contributed by atoms with Gasteiger partial charge in [-0.1, -0.05) is 0 Å². The van der Waals surface area contributed by atoms with E-state index in [2.05, 4.69) is 0 Å². The molecule has 0 spiro atoms. The zero-order valence-corrected chi connectivity index (χ0v) is 14.5. The third-order valence-corrected chi connectivity index (χ3v) is 5.01. The van der Waals surface area contributed by atoms with Crippen LogP contribution >= 0.6 is 11.8 Å². The zero-order valence-electron chi connectivity index (χ0n) is 13.7. The van der Waals surface area contributed by atoms with Crippen molar-refractivity contribution in [2.75, 3.05) is 18.7 Å². The highest BCUT2D eigenvalue weighted by Gasteiger charge is 2.37. The summed E-state index contributed by atoms with van der Waals surface area (Å²) in [6.07, 6.45) is 0. The molecule has 0 aromatic heterocycles. The molecule has 0 saturated carbocycles. The Labute approximate surface area is 143 Å². The van der Waals surface area contributed by atoms with Gasteiger partial charge in [-0.25, -0.2) is 9.18 Å². The minimum atomic E-state index is -1.27. The second kappa shape index (κ2) is 7.21. The van der Waals surface area contributed by atoms with Gasteiger partial charge in [-0.3, -0.25) is 9.59 Å². The summed E-state index contributed by atoms with van der Waals surface area (Å²) in [5.41, 5.74) is -0.459. The fourth-order valence-corrected chi connectivity index (χ4v) is 3.46. The quantitative estimate of drug-likeness (QED) is 0.894. The second-order valence-electron chi connectivity index (χ2n) is 5.83. The van der Waals surface area contributed by atoms with Crippen molar-refractivity contribution in [1.29, 1.82) is 0 Å². The molecule has 1 unspecified atom stereocenters. The minimum absolute atomic E-state index is 0.00774. The number of halogens is 1. The van der Waals surface area contributed by atoms with E-state index in [0.29, 0.717) is 11.6 Å². The number of likely N-dealkylation sites (N-methyl/N-ethyl adjacent to an activating group) is 1. The molecule has 1 aliphatic rings. The largest absolute Gasteiger partial charge is 0.478 e. The number of aromatic carboxylic acids is 1. The van der Waals surface area contributed by atoms with Crippen LogP contribution in [0.25, 0.3) is 0 Å². The Morgan fingerprint density at radius 2 is 2.04 bits per heavy atom. The highest BCUT2D eigenvalue weighted by atomic mass is 32.2. The number of carbonyl (C=O) groups is 3. The average molecular weight is 354 g/mol. The zero-order chi connectivity index (χ0) is 18.0. The maximum Gasteiger partial charge on any atom is 0.335 e. The molecule has 6 nitrogen and oxygen atoms in total. The average Bonchev–Trinajstić information content (AvgIpc) is 3.01. The van der Waals surface area contributed by atoms with Gasteiger partial charge >= 0.3 is 5.97 Å². The van der Waals surface area contributed by atoms with Gasteiger partial charge in [0, 0.05) is 18.8 Å². The summed E-state index contributed by atoms with van der Waals surface area (Å²) in [6.45, 7) is 3.74. The Balaban J connectivity index is 2.25. The highest BCUT2D eigenvalue weighted by Crippen LogP contribution is 2.26. The third kappa shape index (κ3) is 3.53. The molecule has 2 rings (SSSR count). The summed E-state index contributed by atoms with van der Waals surface area (Å²) in [4.78, 5) is 38.9. The van der Waals surface area contributed by atoms with Gasteiger partial charge in [0.05, 0.1) is 17.0 Å². The molecule has 1 N–H and O–H groups in total. The first kappa shape index (κ1) is 18.3. The predicted molar refractivity (Wildman–Crippen MR) is 88.5 cm³/mol. The highest BCUT2D eigenvalue weighted by molar-refractivity contribution is 7.99. The van der Waals surface area contributed by atoms with Crippen LogP contribution in [0.2, 0.25) is 0 Å². The van der Waals surface area contributed by atoms with Gasteiger partial charge in [0.1, 0.15) is 11.9 Å². The summed E-state index contributed by atoms with van der Waals surface area (Å²) in [5.74, 6) is -2.22. The van der Waals surface area contributed by atoms with Crippen molar-refractivity contribution < 1.29 is 23.9 Å². The topological polar surface area (TPSA) is 77.9 Å². The molecule has 24 heavy (non-hydrogen) atoms. The van der Waals surface area contributed by atoms with Crippen LogP contribution in [-0.2, 0) is 4.79 Å². The minimum Gasteiger partial charge on any atom is -0.478 e. The normalized spacial score (nSPS) is 17.2. The number of rotatable bonds is 4. The standard InChI is InChI=1S/C16H19FN2O4S/c1-9(2)18(3)15(21)13-7-24-8-19(13)14(20)11-5-4-10(16(22)23)6-12(11)17/h4-6,9,13H,7-8H2,1-3H3,(H,22,23). The number of hydrogen-bond donors (Lipinski definition) is 1. The van der Waals surface area contributed by atoms with E-state index in [9.17, 15) is 18.8 Å². The van der Waals surface area contributed by atoms with Crippen molar-refractivity contribution in [1.82, 2.24) is 9.80 Å². The first-order chi connectivity index (χ1) is 11.2. The first-order valence-corrected chi connectivity index (χ1v) is 8.57. The summed E-state index contributed by atoms with van der Waals surface area (Å²) in [7, 11) is 1.67. The van der Waals surface area contributed by atoms with Gasteiger partial charge in [-0.05, 0) is 32.0 Å². The van der Waals surface area contributed by atoms with E-state index >= 15 is 0 Å². The number of amides is 2. The van der Waals surface area contributed by atoms with E-state index in [0.717, 1.165) is 12.1 Å². The lowest BCUT2D eigenvalue weighted by Crippen LogP contribution is -2.49. The van der Waals surface area contributed by atoms with Gasteiger partial charge in [-0.2, -0.15) is 0 Å². The molecule has 2 amide bonds. The Bertz CT molecular complexity index is 680. The summed E-state index contributed by atoms with van der Waals surface area (Å²) < 4.78 is 14.1. The first-order valence-electron chi connectivity index (χ1n) is 7.42. The number of thioether (sulfide) groups is 1. The van der Waals surface area contributed by atoms with Crippen LogP contribution < -0.4 is 0 Å². The van der Waals surface area contributed by atoms with Crippen LogP contribution in [0.3, 0.4) is 0 Å². The molecule has 1 fully saturated rings. The molecule has 8 heteroatoms. The maximum absolute atomic E-state index is 14.1. The summed E-state index contributed by atoms with van der Waals surface area (Å²) in [5, 5.41) is 8.86. The predicted octanol–water partition coefficient (Wildman–Crippen LogP) is 1.91. The molecule has 1 heterocycles. The van der Waals surface area contributed by atoms with Gasteiger partial charge in [0.2, 0.25) is 5.91 Å². The molecule has 0 bridgehead atoms. The Morgan fingerprint density at radius 1 is 1.38 bits per heavy atom. The molecule has 1 atom stereocenters. The van der Waals surface area contributed by atoms with Gasteiger partial charge in [0.15, 0.2) is 0 Å². The molecular weight excluding hydrogens is 335 g/mol. The lowest BCUT2D eigenvalue weighted by atomic mass is 10.1.